The van der Waals surface area contributed by atoms with Crippen LogP contribution in [0.5, 0.6) is 5.75 Å². The van der Waals surface area contributed by atoms with Crippen LogP contribution in [0.15, 0.2) is 48.5 Å². The molecular formula is C21H26FNO. The maximum absolute atomic E-state index is 12.8. The Kier molecular flexibility index (Phi) is 5.86. The summed E-state index contributed by atoms with van der Waals surface area (Å²) in [4.78, 5) is 2.47. The molecule has 0 atom stereocenters. The number of halogens is 1. The van der Waals surface area contributed by atoms with Crippen LogP contribution >= 0.6 is 0 Å². The molecular weight excluding hydrogens is 301 g/mol. The lowest BCUT2D eigenvalue weighted by atomic mass is 9.90. The van der Waals surface area contributed by atoms with Crippen molar-refractivity contribution in [2.45, 2.75) is 26.2 Å². The van der Waals surface area contributed by atoms with E-state index < -0.39 is 0 Å². The predicted molar refractivity (Wildman–Crippen MR) is 95.9 cm³/mol. The number of benzene rings is 2. The molecule has 1 aliphatic rings. The molecule has 3 rings (SSSR count). The van der Waals surface area contributed by atoms with Gasteiger partial charge in [0.15, 0.2) is 0 Å². The van der Waals surface area contributed by atoms with Crippen LogP contribution in [0, 0.1) is 18.7 Å². The summed E-state index contributed by atoms with van der Waals surface area (Å²) in [5, 5.41) is 0. The van der Waals surface area contributed by atoms with Gasteiger partial charge in [-0.05, 0) is 75.0 Å². The van der Waals surface area contributed by atoms with Gasteiger partial charge in [-0.1, -0.05) is 29.8 Å². The minimum atomic E-state index is -0.224. The van der Waals surface area contributed by atoms with Crippen molar-refractivity contribution >= 4 is 0 Å². The lowest BCUT2D eigenvalue weighted by Gasteiger charge is -2.31. The monoisotopic (exact) mass is 327 g/mol. The first-order valence-corrected chi connectivity index (χ1v) is 8.85. The summed E-state index contributed by atoms with van der Waals surface area (Å²) >= 11 is 0. The van der Waals surface area contributed by atoms with Gasteiger partial charge in [0.05, 0.1) is 0 Å². The van der Waals surface area contributed by atoms with Gasteiger partial charge in [-0.25, -0.2) is 4.39 Å². The van der Waals surface area contributed by atoms with Crippen LogP contribution in [-0.2, 0) is 6.42 Å². The molecule has 0 saturated carbocycles. The van der Waals surface area contributed by atoms with Gasteiger partial charge in [0.1, 0.15) is 18.2 Å². The van der Waals surface area contributed by atoms with E-state index in [0.717, 1.165) is 31.3 Å². The molecule has 0 spiro atoms. The topological polar surface area (TPSA) is 12.5 Å². The lowest BCUT2D eigenvalue weighted by molar-refractivity contribution is 0.155. The molecule has 1 fully saturated rings. The fraction of sp³-hybridized carbons (Fsp3) is 0.429. The SMILES string of the molecule is Cc1ccc(CC2CCN(CCOc3ccc(F)cc3)CC2)cc1. The summed E-state index contributed by atoms with van der Waals surface area (Å²) in [5.41, 5.74) is 2.79. The predicted octanol–water partition coefficient (Wildman–Crippen LogP) is 4.47. The molecule has 1 saturated heterocycles. The second-order valence-electron chi connectivity index (χ2n) is 6.78. The standard InChI is InChI=1S/C21H26FNO/c1-17-2-4-18(5-3-17)16-19-10-12-23(13-11-19)14-15-24-21-8-6-20(22)7-9-21/h2-9,19H,10-16H2,1H3. The van der Waals surface area contributed by atoms with Crippen molar-refractivity contribution in [1.29, 1.82) is 0 Å². The van der Waals surface area contributed by atoms with Gasteiger partial charge in [-0.3, -0.25) is 4.90 Å². The molecule has 1 heterocycles. The summed E-state index contributed by atoms with van der Waals surface area (Å²) in [6.45, 7) is 6.02. The Bertz CT molecular complexity index is 615. The molecule has 0 aliphatic carbocycles. The highest BCUT2D eigenvalue weighted by Gasteiger charge is 2.19. The van der Waals surface area contributed by atoms with E-state index in [2.05, 4.69) is 36.1 Å². The maximum Gasteiger partial charge on any atom is 0.123 e. The number of hydrogen-bond acceptors (Lipinski definition) is 2. The number of aryl methyl sites for hydroxylation is 1. The molecule has 24 heavy (non-hydrogen) atoms. The molecule has 2 aromatic rings. The third-order valence-electron chi connectivity index (χ3n) is 4.84. The smallest absolute Gasteiger partial charge is 0.123 e. The van der Waals surface area contributed by atoms with Crippen molar-refractivity contribution in [3.8, 4) is 5.75 Å². The van der Waals surface area contributed by atoms with E-state index in [9.17, 15) is 4.39 Å². The number of nitrogens with zero attached hydrogens (tertiary/aromatic N) is 1. The number of hydrogen-bond donors (Lipinski definition) is 0. The van der Waals surface area contributed by atoms with Gasteiger partial charge in [0.2, 0.25) is 0 Å². The first kappa shape index (κ1) is 17.0. The second kappa shape index (κ2) is 8.29. The van der Waals surface area contributed by atoms with Crippen molar-refractivity contribution in [3.63, 3.8) is 0 Å². The second-order valence-corrected chi connectivity index (χ2v) is 6.78. The van der Waals surface area contributed by atoms with Crippen LogP contribution in [0.3, 0.4) is 0 Å². The number of ether oxygens (including phenoxy) is 1. The van der Waals surface area contributed by atoms with Crippen LogP contribution in [0.4, 0.5) is 4.39 Å². The summed E-state index contributed by atoms with van der Waals surface area (Å²) in [5.74, 6) is 1.31. The van der Waals surface area contributed by atoms with Crippen LogP contribution in [0.1, 0.15) is 24.0 Å². The number of rotatable bonds is 6. The molecule has 0 aromatic heterocycles. The highest BCUT2D eigenvalue weighted by Crippen LogP contribution is 2.22. The van der Waals surface area contributed by atoms with Crippen molar-refractivity contribution < 1.29 is 9.13 Å². The van der Waals surface area contributed by atoms with Gasteiger partial charge < -0.3 is 4.74 Å². The molecule has 0 N–H and O–H groups in total. The first-order valence-electron chi connectivity index (χ1n) is 8.85. The van der Waals surface area contributed by atoms with Crippen LogP contribution in [-0.4, -0.2) is 31.1 Å². The molecule has 0 radical (unpaired) electrons. The maximum atomic E-state index is 12.8. The normalized spacial score (nSPS) is 16.2. The van der Waals surface area contributed by atoms with Crippen molar-refractivity contribution in [2.75, 3.05) is 26.2 Å². The molecule has 2 nitrogen and oxygen atoms in total. The zero-order valence-electron chi connectivity index (χ0n) is 14.4. The lowest BCUT2D eigenvalue weighted by Crippen LogP contribution is -2.37. The highest BCUT2D eigenvalue weighted by molar-refractivity contribution is 5.22. The van der Waals surface area contributed by atoms with E-state index >= 15 is 0 Å². The summed E-state index contributed by atoms with van der Waals surface area (Å²) in [7, 11) is 0. The molecule has 0 amide bonds. The minimum absolute atomic E-state index is 0.224. The fourth-order valence-electron chi connectivity index (χ4n) is 3.30. The summed E-state index contributed by atoms with van der Waals surface area (Å²) in [6, 6.07) is 15.2. The Hall–Kier alpha value is -1.87. The first-order chi connectivity index (χ1) is 11.7. The molecule has 3 heteroatoms. The highest BCUT2D eigenvalue weighted by atomic mass is 19.1. The summed E-state index contributed by atoms with van der Waals surface area (Å²) < 4.78 is 18.5. The minimum Gasteiger partial charge on any atom is -0.492 e. The third-order valence-corrected chi connectivity index (χ3v) is 4.84. The van der Waals surface area contributed by atoms with E-state index in [1.54, 1.807) is 12.1 Å². The Morgan fingerprint density at radius 2 is 1.67 bits per heavy atom. The van der Waals surface area contributed by atoms with E-state index in [4.69, 9.17) is 4.74 Å². The van der Waals surface area contributed by atoms with E-state index in [1.807, 2.05) is 0 Å². The number of piperidine rings is 1. The Labute approximate surface area is 144 Å². The Morgan fingerprint density at radius 1 is 1.00 bits per heavy atom. The van der Waals surface area contributed by atoms with E-state index in [1.165, 1.54) is 42.5 Å². The van der Waals surface area contributed by atoms with Crippen molar-refractivity contribution in [1.82, 2.24) is 4.90 Å². The quantitative estimate of drug-likeness (QED) is 0.776. The van der Waals surface area contributed by atoms with Gasteiger partial charge in [0, 0.05) is 6.54 Å². The Morgan fingerprint density at radius 3 is 2.33 bits per heavy atom. The van der Waals surface area contributed by atoms with E-state index in [0.29, 0.717) is 6.61 Å². The van der Waals surface area contributed by atoms with Crippen LogP contribution < -0.4 is 4.74 Å². The summed E-state index contributed by atoms with van der Waals surface area (Å²) in [6.07, 6.45) is 3.70. The molecule has 0 bridgehead atoms. The fourth-order valence-corrected chi connectivity index (χ4v) is 3.30. The third kappa shape index (κ3) is 5.07. The van der Waals surface area contributed by atoms with Gasteiger partial charge in [0.25, 0.3) is 0 Å². The average Bonchev–Trinajstić information content (AvgIpc) is 2.60. The zero-order valence-corrected chi connectivity index (χ0v) is 14.4. The molecule has 128 valence electrons. The zero-order chi connectivity index (χ0) is 16.8. The van der Waals surface area contributed by atoms with Crippen molar-refractivity contribution in [2.24, 2.45) is 5.92 Å². The van der Waals surface area contributed by atoms with Gasteiger partial charge >= 0.3 is 0 Å². The van der Waals surface area contributed by atoms with Gasteiger partial charge in [-0.2, -0.15) is 0 Å². The molecule has 2 aromatic carbocycles. The van der Waals surface area contributed by atoms with Crippen LogP contribution in [0.25, 0.3) is 0 Å². The molecule has 0 unspecified atom stereocenters. The Balaban J connectivity index is 1.36. The number of likely N-dealkylation sites (tertiary alicyclic amines) is 1. The van der Waals surface area contributed by atoms with Crippen LogP contribution in [0.2, 0.25) is 0 Å². The largest absolute Gasteiger partial charge is 0.492 e. The van der Waals surface area contributed by atoms with Gasteiger partial charge in [-0.15, -0.1) is 0 Å². The average molecular weight is 327 g/mol. The molecule has 1 aliphatic heterocycles. The van der Waals surface area contributed by atoms with Crippen molar-refractivity contribution in [3.05, 3.63) is 65.5 Å². The van der Waals surface area contributed by atoms with E-state index in [-0.39, 0.29) is 5.82 Å².